The molecule has 0 spiro atoms. The first-order chi connectivity index (χ1) is 30.5. The lowest BCUT2D eigenvalue weighted by Gasteiger charge is -2.26. The first-order valence-corrected chi connectivity index (χ1v) is 23.2. The van der Waals surface area contributed by atoms with Crippen LogP contribution in [0.2, 0.25) is 0 Å². The maximum Gasteiger partial charge on any atom is 0.138 e. The van der Waals surface area contributed by atoms with Crippen molar-refractivity contribution in [3.05, 3.63) is 167 Å². The van der Waals surface area contributed by atoms with Gasteiger partial charge in [0, 0.05) is 40.5 Å². The van der Waals surface area contributed by atoms with E-state index in [-0.39, 0.29) is 10.8 Å². The lowest BCUT2D eigenvalue weighted by molar-refractivity contribution is 0.483. The van der Waals surface area contributed by atoms with Crippen molar-refractivity contribution >= 4 is 44.6 Å². The molecule has 9 rings (SSSR count). The Morgan fingerprint density at radius 3 is 1.83 bits per heavy atom. The van der Waals surface area contributed by atoms with Crippen LogP contribution in [0.25, 0.3) is 38.8 Å². The fraction of sp³-hybridized carbons (Fsp3) is 0.305. The second-order valence-electron chi connectivity index (χ2n) is 20.8. The predicted molar refractivity (Wildman–Crippen MR) is 272 cm³/mol. The molecule has 0 bridgehead atoms. The Balaban J connectivity index is 1.10. The fourth-order valence-corrected chi connectivity index (χ4v) is 9.41. The van der Waals surface area contributed by atoms with E-state index in [1.54, 1.807) is 0 Å². The third-order valence-electron chi connectivity index (χ3n) is 13.1. The summed E-state index contributed by atoms with van der Waals surface area (Å²) in [5.74, 6) is 3.66. The molecule has 8 aromatic rings. The quantitative estimate of drug-likeness (QED) is 0.145. The first kappa shape index (κ1) is 42.9. The molecule has 0 radical (unpaired) electrons. The summed E-state index contributed by atoms with van der Waals surface area (Å²) >= 11 is 0. The van der Waals surface area contributed by atoms with Gasteiger partial charge in [-0.05, 0) is 134 Å². The van der Waals surface area contributed by atoms with Crippen LogP contribution in [0.5, 0.6) is 11.5 Å². The number of aromatic nitrogens is 2. The van der Waals surface area contributed by atoms with Gasteiger partial charge >= 0.3 is 0 Å². The SMILES string of the molecule is CC(C)c1cc(C(C)C)c(-c2ccnc(-n3c4ccccc4c4ccc(Oc5cccc(N6CN(c7cccc(C(C)(C)C)c7)c7cc(C(C)(C)C)ccc76)c5)cc43)c2)c(C(C)C)c1. The van der Waals surface area contributed by atoms with E-state index in [1.807, 2.05) is 6.20 Å². The highest BCUT2D eigenvalue weighted by Crippen LogP contribution is 2.48. The monoisotopic (exact) mass is 845 g/mol. The summed E-state index contributed by atoms with van der Waals surface area (Å²) in [5, 5.41) is 2.35. The molecular weight excluding hydrogens is 781 g/mol. The Labute approximate surface area is 381 Å². The average molecular weight is 845 g/mol. The van der Waals surface area contributed by atoms with Crippen molar-refractivity contribution < 1.29 is 4.74 Å². The summed E-state index contributed by atoms with van der Waals surface area (Å²) in [4.78, 5) is 9.93. The highest BCUT2D eigenvalue weighted by Gasteiger charge is 2.31. The molecule has 6 aromatic carbocycles. The number of hydrogen-bond donors (Lipinski definition) is 0. The van der Waals surface area contributed by atoms with Crippen LogP contribution in [0.1, 0.15) is 129 Å². The van der Waals surface area contributed by atoms with Crippen LogP contribution < -0.4 is 14.5 Å². The number of rotatable bonds is 9. The van der Waals surface area contributed by atoms with E-state index in [2.05, 4.69) is 231 Å². The van der Waals surface area contributed by atoms with Crippen molar-refractivity contribution in [1.29, 1.82) is 0 Å². The number of pyridine rings is 1. The highest BCUT2D eigenvalue weighted by molar-refractivity contribution is 6.09. The van der Waals surface area contributed by atoms with Gasteiger partial charge in [-0.15, -0.1) is 0 Å². The summed E-state index contributed by atoms with van der Waals surface area (Å²) in [6, 6.07) is 49.0. The molecule has 0 amide bonds. The third-order valence-corrected chi connectivity index (χ3v) is 13.1. The lowest BCUT2D eigenvalue weighted by atomic mass is 9.82. The molecule has 1 aliphatic rings. The zero-order valence-corrected chi connectivity index (χ0v) is 39.9. The zero-order valence-electron chi connectivity index (χ0n) is 39.9. The minimum absolute atomic E-state index is 0.0228. The summed E-state index contributed by atoms with van der Waals surface area (Å²) in [6.07, 6.45) is 1.98. The second kappa shape index (κ2) is 16.3. The van der Waals surface area contributed by atoms with Crippen LogP contribution in [0, 0.1) is 0 Å². The Morgan fingerprint density at radius 1 is 0.516 bits per heavy atom. The Kier molecular flexibility index (Phi) is 11.0. The van der Waals surface area contributed by atoms with E-state index in [4.69, 9.17) is 9.72 Å². The van der Waals surface area contributed by atoms with E-state index in [1.165, 1.54) is 61.4 Å². The average Bonchev–Trinajstić information content (AvgIpc) is 3.81. The molecule has 0 saturated carbocycles. The smallest absolute Gasteiger partial charge is 0.138 e. The maximum atomic E-state index is 6.82. The molecule has 0 N–H and O–H groups in total. The number of ether oxygens (including phenoxy) is 1. The van der Waals surface area contributed by atoms with E-state index >= 15 is 0 Å². The topological polar surface area (TPSA) is 33.5 Å². The predicted octanol–water partition coefficient (Wildman–Crippen LogP) is 16.9. The van der Waals surface area contributed by atoms with Crippen molar-refractivity contribution in [3.8, 4) is 28.4 Å². The van der Waals surface area contributed by atoms with Gasteiger partial charge in [-0.1, -0.05) is 138 Å². The van der Waals surface area contributed by atoms with Gasteiger partial charge in [-0.3, -0.25) is 4.57 Å². The van der Waals surface area contributed by atoms with E-state index < -0.39 is 0 Å². The molecule has 0 unspecified atom stereocenters. The highest BCUT2D eigenvalue weighted by atomic mass is 16.5. The van der Waals surface area contributed by atoms with E-state index in [0.29, 0.717) is 24.4 Å². The standard InChI is InChI=1S/C59H64N4O/c1-37(2)41-29-50(38(3)4)57(51(30-41)39(5)6)40-27-28-60-56(31-40)63-52-22-14-13-21-48(52)49-25-24-47(35-54(49)63)64-46-20-16-19-45(34-46)61-36-62(44-18-15-17-42(32-44)58(7,8)9)55-33-43(59(10,11)12)23-26-53(55)61/h13-35,37-39H,36H2,1-12H3. The summed E-state index contributed by atoms with van der Waals surface area (Å²) in [6.45, 7) is 28.2. The van der Waals surface area contributed by atoms with Gasteiger partial charge < -0.3 is 14.5 Å². The Hall–Kier alpha value is -6.33. The van der Waals surface area contributed by atoms with Gasteiger partial charge in [0.15, 0.2) is 0 Å². The maximum absolute atomic E-state index is 6.82. The zero-order chi connectivity index (χ0) is 45.2. The van der Waals surface area contributed by atoms with Gasteiger partial charge in [0.1, 0.15) is 24.0 Å². The normalized spacial score (nSPS) is 13.3. The van der Waals surface area contributed by atoms with E-state index in [0.717, 1.165) is 39.4 Å². The molecule has 5 nitrogen and oxygen atoms in total. The van der Waals surface area contributed by atoms with Crippen molar-refractivity contribution in [3.63, 3.8) is 0 Å². The Bertz CT molecular complexity index is 3000. The number of benzene rings is 6. The van der Waals surface area contributed by atoms with Gasteiger partial charge in [-0.2, -0.15) is 0 Å². The van der Waals surface area contributed by atoms with Crippen LogP contribution in [-0.4, -0.2) is 16.2 Å². The largest absolute Gasteiger partial charge is 0.457 e. The van der Waals surface area contributed by atoms with E-state index in [9.17, 15) is 0 Å². The number of anilines is 4. The lowest BCUT2D eigenvalue weighted by Crippen LogP contribution is -2.24. The minimum atomic E-state index is 0.0228. The molecule has 0 saturated heterocycles. The molecule has 0 fully saturated rings. The van der Waals surface area contributed by atoms with Crippen molar-refractivity contribution in [2.45, 2.75) is 112 Å². The van der Waals surface area contributed by atoms with Crippen LogP contribution in [0.15, 0.2) is 140 Å². The van der Waals surface area contributed by atoms with Crippen molar-refractivity contribution in [2.75, 3.05) is 16.5 Å². The van der Waals surface area contributed by atoms with Gasteiger partial charge in [-0.25, -0.2) is 4.98 Å². The third kappa shape index (κ3) is 7.95. The molecule has 326 valence electrons. The fourth-order valence-electron chi connectivity index (χ4n) is 9.41. The summed E-state index contributed by atoms with van der Waals surface area (Å²) < 4.78 is 9.13. The molecule has 3 heterocycles. The summed E-state index contributed by atoms with van der Waals surface area (Å²) in [7, 11) is 0. The molecule has 1 aliphatic heterocycles. The van der Waals surface area contributed by atoms with Gasteiger partial charge in [0.05, 0.1) is 22.4 Å². The molecule has 0 aliphatic carbocycles. The van der Waals surface area contributed by atoms with Crippen LogP contribution in [-0.2, 0) is 10.8 Å². The Morgan fingerprint density at radius 2 is 1.14 bits per heavy atom. The van der Waals surface area contributed by atoms with Crippen molar-refractivity contribution in [1.82, 2.24) is 9.55 Å². The second-order valence-corrected chi connectivity index (χ2v) is 20.8. The number of nitrogens with zero attached hydrogens (tertiary/aromatic N) is 4. The molecule has 2 aromatic heterocycles. The van der Waals surface area contributed by atoms with Gasteiger partial charge in [0.2, 0.25) is 0 Å². The number of para-hydroxylation sites is 1. The summed E-state index contributed by atoms with van der Waals surface area (Å²) in [5.41, 5.74) is 16.3. The minimum Gasteiger partial charge on any atom is -0.457 e. The van der Waals surface area contributed by atoms with Gasteiger partial charge in [0.25, 0.3) is 0 Å². The molecule has 0 atom stereocenters. The molecule has 5 heteroatoms. The van der Waals surface area contributed by atoms with Crippen LogP contribution in [0.3, 0.4) is 0 Å². The number of fused-ring (bicyclic) bond motifs is 4. The van der Waals surface area contributed by atoms with Crippen LogP contribution >= 0.6 is 0 Å². The van der Waals surface area contributed by atoms with Crippen LogP contribution in [0.4, 0.5) is 22.7 Å². The first-order valence-electron chi connectivity index (χ1n) is 23.2. The number of hydrogen-bond acceptors (Lipinski definition) is 4. The van der Waals surface area contributed by atoms with Crippen molar-refractivity contribution in [2.24, 2.45) is 0 Å². The molecule has 64 heavy (non-hydrogen) atoms. The molecular formula is C59H64N4O.